The zero-order valence-electron chi connectivity index (χ0n) is 15.3. The predicted molar refractivity (Wildman–Crippen MR) is 101 cm³/mol. The van der Waals surface area contributed by atoms with Gasteiger partial charge in [-0.25, -0.2) is 4.79 Å². The lowest BCUT2D eigenvalue weighted by atomic mass is 10.0. The molecule has 15 heteroatoms. The molecule has 2 aromatic rings. The first-order chi connectivity index (χ1) is 14.6. The van der Waals surface area contributed by atoms with E-state index in [1.165, 1.54) is 6.92 Å². The van der Waals surface area contributed by atoms with Gasteiger partial charge in [-0.2, -0.15) is 0 Å². The van der Waals surface area contributed by atoms with Crippen LogP contribution < -0.4 is 0 Å². The Morgan fingerprint density at radius 1 is 0.806 bits per heavy atom. The molecule has 3 rings (SSSR count). The number of oxime groups is 1. The van der Waals surface area contributed by atoms with Crippen molar-refractivity contribution in [1.29, 1.82) is 0 Å². The maximum Gasteiger partial charge on any atom is 0.334 e. The lowest BCUT2D eigenvalue weighted by Crippen LogP contribution is -2.05. The molecule has 0 aromatic heterocycles. The Hall–Kier alpha value is -4.82. The van der Waals surface area contributed by atoms with E-state index < -0.39 is 65.3 Å². The molecule has 31 heavy (non-hydrogen) atoms. The molecule has 1 aliphatic carbocycles. The van der Waals surface area contributed by atoms with Crippen LogP contribution >= 0.6 is 0 Å². The number of non-ortho nitro benzene ring substituents is 2. The van der Waals surface area contributed by atoms with E-state index in [0.717, 1.165) is 12.1 Å². The van der Waals surface area contributed by atoms with Crippen molar-refractivity contribution < 1.29 is 29.3 Å². The van der Waals surface area contributed by atoms with Crippen LogP contribution in [-0.2, 0) is 9.63 Å². The molecule has 0 spiro atoms. The topological polar surface area (TPSA) is 211 Å². The third-order valence-electron chi connectivity index (χ3n) is 4.31. The Morgan fingerprint density at radius 3 is 1.55 bits per heavy atom. The van der Waals surface area contributed by atoms with Crippen LogP contribution in [0.15, 0.2) is 29.4 Å². The average Bonchev–Trinajstić information content (AvgIpc) is 3.03. The Labute approximate surface area is 170 Å². The number of benzene rings is 2. The monoisotopic (exact) mass is 431 g/mol. The van der Waals surface area contributed by atoms with Crippen LogP contribution in [0.3, 0.4) is 0 Å². The number of fused-ring (bicyclic) bond motifs is 3. The molecule has 0 amide bonds. The number of carbonyl (C=O) groups is 1. The summed E-state index contributed by atoms with van der Waals surface area (Å²) in [6.07, 6.45) is -0.124. The molecule has 0 radical (unpaired) electrons. The van der Waals surface area contributed by atoms with Crippen molar-refractivity contribution in [1.82, 2.24) is 0 Å². The molecule has 1 aliphatic rings. The second kappa shape index (κ2) is 7.54. The highest BCUT2D eigenvalue weighted by atomic mass is 16.7. The SMILES string of the molecule is CCC(=O)ON=C1c2cc([N+](=O)[O-])cc([N+](=O)[O-])c2-c2c1cc([N+](=O)[O-])cc2[N+](=O)[O-]. The van der Waals surface area contributed by atoms with E-state index in [9.17, 15) is 45.3 Å². The van der Waals surface area contributed by atoms with E-state index in [1.54, 1.807) is 0 Å². The second-order valence-electron chi connectivity index (χ2n) is 6.06. The number of nitrogens with zero attached hydrogens (tertiary/aromatic N) is 5. The summed E-state index contributed by atoms with van der Waals surface area (Å²) >= 11 is 0. The normalized spacial score (nSPS) is 11.3. The molecule has 0 bridgehead atoms. The van der Waals surface area contributed by atoms with Crippen molar-refractivity contribution in [3.8, 4) is 11.1 Å². The van der Waals surface area contributed by atoms with Crippen LogP contribution in [0.1, 0.15) is 24.5 Å². The van der Waals surface area contributed by atoms with Gasteiger partial charge in [0.05, 0.1) is 43.0 Å². The molecular weight excluding hydrogens is 422 g/mol. The summed E-state index contributed by atoms with van der Waals surface area (Å²) in [6, 6.07) is 2.93. The van der Waals surface area contributed by atoms with Crippen molar-refractivity contribution in [2.24, 2.45) is 5.16 Å². The third kappa shape index (κ3) is 3.50. The van der Waals surface area contributed by atoms with Gasteiger partial charge in [0.25, 0.3) is 22.7 Å². The van der Waals surface area contributed by atoms with Crippen LogP contribution in [0.25, 0.3) is 11.1 Å². The lowest BCUT2D eigenvalue weighted by Gasteiger charge is -2.03. The van der Waals surface area contributed by atoms with Gasteiger partial charge < -0.3 is 4.84 Å². The van der Waals surface area contributed by atoms with Gasteiger partial charge in [0.15, 0.2) is 0 Å². The number of hydrogen-bond donors (Lipinski definition) is 0. The van der Waals surface area contributed by atoms with Crippen molar-refractivity contribution in [3.63, 3.8) is 0 Å². The van der Waals surface area contributed by atoms with Gasteiger partial charge in [0, 0.05) is 29.7 Å². The van der Waals surface area contributed by atoms with Crippen LogP contribution in [-0.4, -0.2) is 31.4 Å². The van der Waals surface area contributed by atoms with E-state index in [2.05, 4.69) is 9.99 Å². The predicted octanol–water partition coefficient (Wildman–Crippen LogP) is 3.01. The Balaban J connectivity index is 2.49. The van der Waals surface area contributed by atoms with E-state index >= 15 is 0 Å². The molecule has 0 aliphatic heterocycles. The van der Waals surface area contributed by atoms with Crippen molar-refractivity contribution in [2.75, 3.05) is 0 Å². The molecule has 0 unspecified atom stereocenters. The molecular formula is C16H9N5O10. The minimum absolute atomic E-state index is 0.124. The molecule has 2 aromatic carbocycles. The highest BCUT2D eigenvalue weighted by Gasteiger charge is 2.41. The Kier molecular flexibility index (Phi) is 5.09. The summed E-state index contributed by atoms with van der Waals surface area (Å²) in [4.78, 5) is 58.1. The van der Waals surface area contributed by atoms with Gasteiger partial charge >= 0.3 is 5.97 Å². The highest BCUT2D eigenvalue weighted by Crippen LogP contribution is 2.50. The maximum absolute atomic E-state index is 11.6. The van der Waals surface area contributed by atoms with Crippen LogP contribution in [0.4, 0.5) is 22.7 Å². The number of rotatable bonds is 6. The van der Waals surface area contributed by atoms with Crippen LogP contribution in [0.2, 0.25) is 0 Å². The fourth-order valence-electron chi connectivity index (χ4n) is 3.03. The molecule has 15 nitrogen and oxygen atoms in total. The first kappa shape index (κ1) is 20.9. The van der Waals surface area contributed by atoms with Crippen molar-refractivity contribution in [2.45, 2.75) is 13.3 Å². The summed E-state index contributed by atoms with van der Waals surface area (Å²) in [6.45, 7) is 1.43. The quantitative estimate of drug-likeness (QED) is 0.316. The summed E-state index contributed by atoms with van der Waals surface area (Å²) < 4.78 is 0. The number of nitro groups is 4. The Morgan fingerprint density at radius 2 is 1.23 bits per heavy atom. The fourth-order valence-corrected chi connectivity index (χ4v) is 3.03. The smallest absolute Gasteiger partial charge is 0.318 e. The molecule has 0 saturated heterocycles. The van der Waals surface area contributed by atoms with Gasteiger partial charge in [0.1, 0.15) is 5.71 Å². The summed E-state index contributed by atoms with van der Waals surface area (Å²) in [7, 11) is 0. The van der Waals surface area contributed by atoms with E-state index in [0.29, 0.717) is 12.1 Å². The second-order valence-corrected chi connectivity index (χ2v) is 6.06. The van der Waals surface area contributed by atoms with Gasteiger partial charge in [0.2, 0.25) is 0 Å². The van der Waals surface area contributed by atoms with Crippen LogP contribution in [0, 0.1) is 40.5 Å². The molecule has 0 saturated carbocycles. The molecule has 0 atom stereocenters. The average molecular weight is 431 g/mol. The minimum Gasteiger partial charge on any atom is -0.318 e. The first-order valence-electron chi connectivity index (χ1n) is 8.29. The van der Waals surface area contributed by atoms with E-state index in [4.69, 9.17) is 0 Å². The Bertz CT molecular complexity index is 1150. The number of carbonyl (C=O) groups excluding carboxylic acids is 1. The van der Waals surface area contributed by atoms with Gasteiger partial charge in [-0.1, -0.05) is 12.1 Å². The van der Waals surface area contributed by atoms with Gasteiger partial charge in [-0.3, -0.25) is 40.5 Å². The number of nitro benzene ring substituents is 4. The van der Waals surface area contributed by atoms with E-state index in [1.807, 2.05) is 0 Å². The number of hydrogen-bond acceptors (Lipinski definition) is 11. The molecule has 0 heterocycles. The largest absolute Gasteiger partial charge is 0.334 e. The van der Waals surface area contributed by atoms with Gasteiger partial charge in [-0.05, 0) is 0 Å². The zero-order valence-corrected chi connectivity index (χ0v) is 15.3. The summed E-state index contributed by atoms with van der Waals surface area (Å²) in [5.74, 6) is -0.845. The lowest BCUT2D eigenvalue weighted by molar-refractivity contribution is -0.395. The fraction of sp³-hybridized carbons (Fsp3) is 0.125. The first-order valence-corrected chi connectivity index (χ1v) is 8.29. The van der Waals surface area contributed by atoms with E-state index in [-0.39, 0.29) is 17.5 Å². The zero-order chi connectivity index (χ0) is 23.0. The third-order valence-corrected chi connectivity index (χ3v) is 4.31. The molecule has 158 valence electrons. The van der Waals surface area contributed by atoms with Crippen LogP contribution in [0.5, 0.6) is 0 Å². The molecule has 0 N–H and O–H groups in total. The van der Waals surface area contributed by atoms with Crippen molar-refractivity contribution >= 4 is 34.4 Å². The van der Waals surface area contributed by atoms with Crippen molar-refractivity contribution in [3.05, 3.63) is 75.8 Å². The highest BCUT2D eigenvalue weighted by molar-refractivity contribution is 6.27. The minimum atomic E-state index is -0.984. The van der Waals surface area contributed by atoms with Gasteiger partial charge in [-0.15, -0.1) is 0 Å². The summed E-state index contributed by atoms with van der Waals surface area (Å²) in [5.41, 5.74) is -5.03. The summed E-state index contributed by atoms with van der Waals surface area (Å²) in [5, 5.41) is 49.2. The molecule has 0 fully saturated rings. The standard InChI is InChI=1S/C16H9N5O10/c1-2-13(22)31-17-16-9-3-7(18(23)24)5-11(20(27)28)14(9)15-10(16)4-8(19(25)26)6-12(15)21(29)30/h3-6H,2H2,1H3. The maximum atomic E-state index is 11.6.